The summed E-state index contributed by atoms with van der Waals surface area (Å²) in [5.74, 6) is -0.843. The van der Waals surface area contributed by atoms with Gasteiger partial charge in [-0.3, -0.25) is 10.8 Å². The summed E-state index contributed by atoms with van der Waals surface area (Å²) < 4.78 is 0. The normalized spacial score (nSPS) is 8.47. The average Bonchev–Trinajstić information content (AvgIpc) is 2.93. The third-order valence-corrected chi connectivity index (χ3v) is 1.71. The van der Waals surface area contributed by atoms with Crippen LogP contribution < -0.4 is 0 Å². The smallest absolute Gasteiger partial charge is 0.227 e. The molecule has 7 heteroatoms. The molecular weight excluding hydrogens is 267 g/mol. The topological polar surface area (TPSA) is 120 Å². The van der Waals surface area contributed by atoms with Gasteiger partial charge in [0.25, 0.3) is 0 Å². The van der Waals surface area contributed by atoms with Gasteiger partial charge in [-0.1, -0.05) is 0 Å². The summed E-state index contributed by atoms with van der Waals surface area (Å²) in [4.78, 5) is 5.32. The van der Waals surface area contributed by atoms with E-state index in [9.17, 15) is 0 Å². The van der Waals surface area contributed by atoms with Gasteiger partial charge in [0.15, 0.2) is 0 Å². The largest absolute Gasteiger partial charge is 0.492 e. The Morgan fingerprint density at radius 3 is 1.35 bits per heavy atom. The fraction of sp³-hybridized carbons (Fsp3) is 0. The maximum Gasteiger partial charge on any atom is 0.227 e. The predicted octanol–water partition coefficient (Wildman–Crippen LogP) is 1.79. The fourth-order valence-corrected chi connectivity index (χ4v) is 0.955. The molecular formula is C10H12N4NiO2. The van der Waals surface area contributed by atoms with Crippen LogP contribution >= 0.6 is 0 Å². The van der Waals surface area contributed by atoms with E-state index in [1.165, 1.54) is 0 Å². The third kappa shape index (κ3) is 5.04. The molecule has 2 aromatic heterocycles. The predicted molar refractivity (Wildman–Crippen MR) is 60.5 cm³/mol. The molecule has 17 heavy (non-hydrogen) atoms. The van der Waals surface area contributed by atoms with Crippen molar-refractivity contribution < 1.29 is 26.7 Å². The molecule has 0 radical (unpaired) electrons. The van der Waals surface area contributed by atoms with Gasteiger partial charge in [-0.15, -0.1) is 0 Å². The molecule has 0 saturated heterocycles. The maximum absolute atomic E-state index is 8.46. The summed E-state index contributed by atoms with van der Waals surface area (Å²) in [6.45, 7) is 0. The molecule has 94 valence electrons. The van der Waals surface area contributed by atoms with Crippen LogP contribution in [0, 0.1) is 10.8 Å². The third-order valence-electron chi connectivity index (χ3n) is 1.71. The molecule has 0 aromatic carbocycles. The van der Waals surface area contributed by atoms with Gasteiger partial charge in [0.2, 0.25) is 11.8 Å². The second-order valence-electron chi connectivity index (χ2n) is 2.86. The molecule has 6 N–H and O–H groups in total. The van der Waals surface area contributed by atoms with Crippen molar-refractivity contribution in [3.63, 3.8) is 0 Å². The Labute approximate surface area is 108 Å². The number of hydrogen-bond donors (Lipinski definition) is 6. The standard InChI is InChI=1S/2C5H6N2O.Ni/c2*6-5(8)4-2-1-3-7-4;/h2*1-3,7H,(H2,6,8);. The van der Waals surface area contributed by atoms with Crippen molar-refractivity contribution in [2.24, 2.45) is 0 Å². The molecule has 0 saturated carbocycles. The molecule has 6 nitrogen and oxygen atoms in total. The minimum atomic E-state index is -0.421. The quantitative estimate of drug-likeness (QED) is 0.285. The Hall–Kier alpha value is -2.01. The van der Waals surface area contributed by atoms with Crippen LogP contribution in [0.3, 0.4) is 0 Å². The van der Waals surface area contributed by atoms with Crippen LogP contribution in [-0.2, 0) is 16.5 Å². The van der Waals surface area contributed by atoms with E-state index in [1.807, 2.05) is 0 Å². The summed E-state index contributed by atoms with van der Waals surface area (Å²) in [5.41, 5.74) is 0.898. The average molecular weight is 279 g/mol. The maximum atomic E-state index is 8.46. The zero-order valence-corrected chi connectivity index (χ0v) is 9.66. The van der Waals surface area contributed by atoms with E-state index in [2.05, 4.69) is 9.97 Å². The Morgan fingerprint density at radius 2 is 1.24 bits per heavy atom. The van der Waals surface area contributed by atoms with Gasteiger partial charge in [-0.25, -0.2) is 0 Å². The Morgan fingerprint density at radius 1 is 0.882 bits per heavy atom. The monoisotopic (exact) mass is 278 g/mol. The van der Waals surface area contributed by atoms with Crippen molar-refractivity contribution in [2.45, 2.75) is 0 Å². The SMILES string of the molecule is N=C(O)c1ccc[nH]1.N=C(O)c1ccc[nH]1.[Ni]. The molecule has 0 aliphatic rings. The molecule has 0 unspecified atom stereocenters. The first-order valence-corrected chi connectivity index (χ1v) is 4.44. The Balaban J connectivity index is 0.000000284. The number of aliphatic hydroxyl groups excluding tert-OH is 2. The van der Waals surface area contributed by atoms with Crippen molar-refractivity contribution >= 4 is 11.8 Å². The van der Waals surface area contributed by atoms with Crippen LogP contribution in [0.1, 0.15) is 11.4 Å². The van der Waals surface area contributed by atoms with E-state index in [-0.39, 0.29) is 16.5 Å². The van der Waals surface area contributed by atoms with Crippen molar-refractivity contribution in [1.29, 1.82) is 10.8 Å². The van der Waals surface area contributed by atoms with E-state index in [4.69, 9.17) is 21.0 Å². The van der Waals surface area contributed by atoms with Crippen molar-refractivity contribution in [2.75, 3.05) is 0 Å². The van der Waals surface area contributed by atoms with Crippen molar-refractivity contribution in [3.05, 3.63) is 48.0 Å². The number of aromatic amines is 2. The Bertz CT molecular complexity index is 406. The van der Waals surface area contributed by atoms with Gasteiger partial charge >= 0.3 is 0 Å². The summed E-state index contributed by atoms with van der Waals surface area (Å²) in [6, 6.07) is 6.70. The second kappa shape index (κ2) is 7.30. The molecule has 0 aliphatic carbocycles. The second-order valence-corrected chi connectivity index (χ2v) is 2.86. The minimum Gasteiger partial charge on any atom is -0.492 e. The number of aromatic nitrogens is 2. The molecule has 0 spiro atoms. The summed E-state index contributed by atoms with van der Waals surface area (Å²) in [5, 5.41) is 30.3. The first-order valence-electron chi connectivity index (χ1n) is 4.44. The fourth-order valence-electron chi connectivity index (χ4n) is 0.955. The van der Waals surface area contributed by atoms with Gasteiger partial charge in [-0.2, -0.15) is 0 Å². The number of hydrogen-bond acceptors (Lipinski definition) is 2. The van der Waals surface area contributed by atoms with Gasteiger partial charge in [0.1, 0.15) is 11.4 Å². The van der Waals surface area contributed by atoms with E-state index < -0.39 is 11.8 Å². The Kier molecular flexibility index (Phi) is 6.44. The number of H-pyrrole nitrogens is 2. The van der Waals surface area contributed by atoms with Crippen LogP contribution in [0.15, 0.2) is 36.7 Å². The number of rotatable bonds is 2. The van der Waals surface area contributed by atoms with E-state index in [1.54, 1.807) is 36.7 Å². The van der Waals surface area contributed by atoms with Crippen LogP contribution in [0.4, 0.5) is 0 Å². The summed E-state index contributed by atoms with van der Waals surface area (Å²) >= 11 is 0. The van der Waals surface area contributed by atoms with Gasteiger partial charge < -0.3 is 20.2 Å². The van der Waals surface area contributed by atoms with Gasteiger partial charge in [-0.05, 0) is 24.3 Å². The zero-order chi connectivity index (χ0) is 12.0. The van der Waals surface area contributed by atoms with Crippen molar-refractivity contribution in [1.82, 2.24) is 9.97 Å². The zero-order valence-electron chi connectivity index (χ0n) is 8.67. The van der Waals surface area contributed by atoms with E-state index in [0.29, 0.717) is 11.4 Å². The molecule has 2 aromatic rings. The minimum absolute atomic E-state index is 0. The van der Waals surface area contributed by atoms with Gasteiger partial charge in [0, 0.05) is 28.9 Å². The van der Waals surface area contributed by atoms with E-state index in [0.717, 1.165) is 0 Å². The van der Waals surface area contributed by atoms with Crippen LogP contribution in [0.2, 0.25) is 0 Å². The first-order chi connectivity index (χ1) is 7.61. The summed E-state index contributed by atoms with van der Waals surface area (Å²) in [6.07, 6.45) is 3.31. The molecule has 0 aliphatic heterocycles. The molecule has 0 bridgehead atoms. The van der Waals surface area contributed by atoms with Crippen molar-refractivity contribution in [3.8, 4) is 0 Å². The number of aliphatic hydroxyl groups is 2. The van der Waals surface area contributed by atoms with Crippen LogP contribution in [0.5, 0.6) is 0 Å². The molecule has 0 amide bonds. The molecule has 2 heterocycles. The van der Waals surface area contributed by atoms with Crippen LogP contribution in [-0.4, -0.2) is 32.0 Å². The first kappa shape index (κ1) is 15.0. The van der Waals surface area contributed by atoms with Gasteiger partial charge in [0.05, 0.1) is 0 Å². The molecule has 0 fully saturated rings. The number of nitrogens with one attached hydrogen (secondary N) is 4. The van der Waals surface area contributed by atoms with Crippen LogP contribution in [0.25, 0.3) is 0 Å². The van der Waals surface area contributed by atoms with E-state index >= 15 is 0 Å². The summed E-state index contributed by atoms with van der Waals surface area (Å²) in [7, 11) is 0. The molecule has 2 rings (SSSR count). The molecule has 0 atom stereocenters.